The number of benzene rings is 1. The molecular formula is C17H12FNO6S. The first-order chi connectivity index (χ1) is 12.3. The summed E-state index contributed by atoms with van der Waals surface area (Å²) in [6.45, 7) is 0. The zero-order chi connectivity index (χ0) is 19.0. The van der Waals surface area contributed by atoms with E-state index in [-0.39, 0.29) is 16.9 Å². The number of fused-ring (bicyclic) bond motifs is 1. The Labute approximate surface area is 149 Å². The molecule has 0 saturated carbocycles. The van der Waals surface area contributed by atoms with Crippen molar-refractivity contribution >= 4 is 38.5 Å². The van der Waals surface area contributed by atoms with E-state index in [4.69, 9.17) is 14.3 Å². The zero-order valence-electron chi connectivity index (χ0n) is 13.6. The van der Waals surface area contributed by atoms with Gasteiger partial charge in [0.2, 0.25) is 0 Å². The van der Waals surface area contributed by atoms with E-state index < -0.39 is 28.9 Å². The molecule has 0 saturated heterocycles. The molecule has 7 nitrogen and oxygen atoms in total. The smallest absolute Gasteiger partial charge is 0.351 e. The molecule has 9 heteroatoms. The summed E-state index contributed by atoms with van der Waals surface area (Å²) < 4.78 is 23.8. The lowest BCUT2D eigenvalue weighted by atomic mass is 10.2. The molecule has 134 valence electrons. The maximum Gasteiger partial charge on any atom is 0.351 e. The Hall–Kier alpha value is -3.20. The minimum Gasteiger partial charge on any atom is -0.494 e. The third-order valence-corrected chi connectivity index (χ3v) is 4.81. The van der Waals surface area contributed by atoms with Crippen LogP contribution >= 0.6 is 11.3 Å². The molecule has 0 unspecified atom stereocenters. The second kappa shape index (κ2) is 6.60. The molecule has 1 aromatic carbocycles. The quantitative estimate of drug-likeness (QED) is 0.751. The van der Waals surface area contributed by atoms with E-state index >= 15 is 0 Å². The van der Waals surface area contributed by atoms with Crippen LogP contribution in [0.4, 0.5) is 9.39 Å². The van der Waals surface area contributed by atoms with Gasteiger partial charge in [-0.3, -0.25) is 4.79 Å². The summed E-state index contributed by atoms with van der Waals surface area (Å²) in [5.74, 6) is -2.47. The highest BCUT2D eigenvalue weighted by Crippen LogP contribution is 2.32. The largest absolute Gasteiger partial charge is 0.494 e. The van der Waals surface area contributed by atoms with Crippen molar-refractivity contribution in [3.63, 3.8) is 0 Å². The number of halogens is 1. The number of methoxy groups -OCH3 is 1. The van der Waals surface area contributed by atoms with Gasteiger partial charge < -0.3 is 19.2 Å². The van der Waals surface area contributed by atoms with Crippen molar-refractivity contribution in [3.8, 4) is 5.75 Å². The molecule has 26 heavy (non-hydrogen) atoms. The number of aromatic carboxylic acids is 1. The van der Waals surface area contributed by atoms with Gasteiger partial charge in [-0.15, -0.1) is 11.3 Å². The summed E-state index contributed by atoms with van der Waals surface area (Å²) in [4.78, 5) is 36.6. The van der Waals surface area contributed by atoms with Gasteiger partial charge in [-0.05, 0) is 24.3 Å². The number of ether oxygens (including phenoxy) is 1. The number of amides is 1. The molecule has 0 atom stereocenters. The van der Waals surface area contributed by atoms with Gasteiger partial charge in [-0.25, -0.2) is 14.0 Å². The number of anilines is 1. The van der Waals surface area contributed by atoms with Gasteiger partial charge in [0.1, 0.15) is 10.6 Å². The number of carboxylic acid groups (broad SMARTS) is 1. The summed E-state index contributed by atoms with van der Waals surface area (Å²) in [7, 11) is 2.80. The number of nitrogens with zero attached hydrogens (tertiary/aromatic N) is 1. The molecule has 3 aromatic rings. The number of hydrogen-bond donors (Lipinski definition) is 1. The van der Waals surface area contributed by atoms with Crippen molar-refractivity contribution in [2.24, 2.45) is 0 Å². The SMILES string of the molecule is COc1cc(C(=O)N(C)c2cc3oc(=O)c(C(=O)O)cc3s2)ccc1F. The average molecular weight is 377 g/mol. The van der Waals surface area contributed by atoms with Crippen molar-refractivity contribution < 1.29 is 28.2 Å². The van der Waals surface area contributed by atoms with Gasteiger partial charge in [0.25, 0.3) is 5.91 Å². The zero-order valence-corrected chi connectivity index (χ0v) is 14.4. The predicted octanol–water partition coefficient (Wildman–Crippen LogP) is 2.98. The number of thiophene rings is 1. The highest BCUT2D eigenvalue weighted by molar-refractivity contribution is 7.22. The summed E-state index contributed by atoms with van der Waals surface area (Å²) in [5, 5.41) is 9.42. The van der Waals surface area contributed by atoms with Crippen LogP contribution in [-0.2, 0) is 0 Å². The molecule has 1 N–H and O–H groups in total. The second-order valence-electron chi connectivity index (χ2n) is 5.28. The van der Waals surface area contributed by atoms with Gasteiger partial charge in [0.05, 0.1) is 11.8 Å². The van der Waals surface area contributed by atoms with Crippen LogP contribution in [-0.4, -0.2) is 31.1 Å². The molecule has 0 aliphatic carbocycles. The normalized spacial score (nSPS) is 10.7. The Balaban J connectivity index is 1.99. The predicted molar refractivity (Wildman–Crippen MR) is 93.0 cm³/mol. The maximum absolute atomic E-state index is 13.5. The van der Waals surface area contributed by atoms with E-state index in [0.717, 1.165) is 17.4 Å². The van der Waals surface area contributed by atoms with Crippen LogP contribution in [0.25, 0.3) is 10.3 Å². The molecule has 0 radical (unpaired) electrons. The number of carbonyl (C=O) groups excluding carboxylic acids is 1. The fourth-order valence-electron chi connectivity index (χ4n) is 2.30. The van der Waals surface area contributed by atoms with Crippen LogP contribution in [0.15, 0.2) is 39.5 Å². The minimum atomic E-state index is -1.39. The summed E-state index contributed by atoms with van der Waals surface area (Å²) in [5.41, 5.74) is -1.07. The van der Waals surface area contributed by atoms with Gasteiger partial charge in [-0.2, -0.15) is 0 Å². The number of carbonyl (C=O) groups is 2. The van der Waals surface area contributed by atoms with E-state index in [1.165, 1.54) is 43.3 Å². The Morgan fingerprint density at radius 3 is 2.65 bits per heavy atom. The molecule has 2 aromatic heterocycles. The Kier molecular flexibility index (Phi) is 4.47. The van der Waals surface area contributed by atoms with Crippen molar-refractivity contribution in [1.82, 2.24) is 0 Å². The van der Waals surface area contributed by atoms with Crippen LogP contribution in [0.3, 0.4) is 0 Å². The molecular weight excluding hydrogens is 365 g/mol. The third-order valence-electron chi connectivity index (χ3n) is 3.67. The molecule has 3 rings (SSSR count). The minimum absolute atomic E-state index is 0.0577. The molecule has 0 aliphatic heterocycles. The lowest BCUT2D eigenvalue weighted by molar-refractivity contribution is 0.0692. The average Bonchev–Trinajstić information content (AvgIpc) is 3.02. The highest BCUT2D eigenvalue weighted by atomic mass is 32.1. The first kappa shape index (κ1) is 17.6. The van der Waals surface area contributed by atoms with E-state index in [9.17, 15) is 18.8 Å². The van der Waals surface area contributed by atoms with E-state index in [1.54, 1.807) is 0 Å². The van der Waals surface area contributed by atoms with Crippen LogP contribution in [0.1, 0.15) is 20.7 Å². The van der Waals surface area contributed by atoms with Crippen molar-refractivity contribution in [1.29, 1.82) is 0 Å². The van der Waals surface area contributed by atoms with Crippen molar-refractivity contribution in [2.45, 2.75) is 0 Å². The maximum atomic E-state index is 13.5. The standard InChI is InChI=1S/C17H12FNO6S/c1-19(15(20)8-3-4-10(18)11(5-8)24-2)14-7-12-13(26-14)6-9(16(21)22)17(23)25-12/h3-7H,1-2H3,(H,21,22). The summed E-state index contributed by atoms with van der Waals surface area (Å²) in [6, 6.07) is 6.41. The van der Waals surface area contributed by atoms with Crippen LogP contribution in [0, 0.1) is 5.82 Å². The van der Waals surface area contributed by atoms with E-state index in [2.05, 4.69) is 0 Å². The number of rotatable bonds is 4. The van der Waals surface area contributed by atoms with Gasteiger partial charge in [-0.1, -0.05) is 0 Å². The van der Waals surface area contributed by atoms with Crippen LogP contribution in [0.5, 0.6) is 5.75 Å². The number of carboxylic acids is 1. The fraction of sp³-hybridized carbons (Fsp3) is 0.118. The molecule has 0 aliphatic rings. The number of hydrogen-bond acceptors (Lipinski definition) is 6. The monoisotopic (exact) mass is 377 g/mol. The van der Waals surface area contributed by atoms with Crippen LogP contribution < -0.4 is 15.3 Å². The summed E-state index contributed by atoms with van der Waals surface area (Å²) >= 11 is 1.09. The first-order valence-corrected chi connectivity index (χ1v) is 8.06. The van der Waals surface area contributed by atoms with E-state index in [1.807, 2.05) is 0 Å². The highest BCUT2D eigenvalue weighted by Gasteiger charge is 2.20. The molecule has 2 heterocycles. The van der Waals surface area contributed by atoms with Gasteiger partial charge in [0, 0.05) is 18.7 Å². The Morgan fingerprint density at radius 1 is 1.27 bits per heavy atom. The lowest BCUT2D eigenvalue weighted by Gasteiger charge is -2.15. The lowest BCUT2D eigenvalue weighted by Crippen LogP contribution is -2.25. The van der Waals surface area contributed by atoms with Crippen molar-refractivity contribution in [2.75, 3.05) is 19.1 Å². The third kappa shape index (κ3) is 3.04. The molecule has 0 bridgehead atoms. The second-order valence-corrected chi connectivity index (χ2v) is 6.34. The summed E-state index contributed by atoms with van der Waals surface area (Å²) in [6.07, 6.45) is 0. The van der Waals surface area contributed by atoms with Gasteiger partial charge in [0.15, 0.2) is 17.1 Å². The van der Waals surface area contributed by atoms with Crippen molar-refractivity contribution in [3.05, 3.63) is 57.7 Å². The first-order valence-electron chi connectivity index (χ1n) is 7.24. The van der Waals surface area contributed by atoms with Crippen LogP contribution in [0.2, 0.25) is 0 Å². The molecule has 0 fully saturated rings. The fourth-order valence-corrected chi connectivity index (χ4v) is 3.29. The molecule has 1 amide bonds. The Morgan fingerprint density at radius 2 is 2.00 bits per heavy atom. The Bertz CT molecular complexity index is 1090. The molecule has 0 spiro atoms. The van der Waals surface area contributed by atoms with Gasteiger partial charge >= 0.3 is 11.6 Å². The van der Waals surface area contributed by atoms with E-state index in [0.29, 0.717) is 9.70 Å². The topological polar surface area (TPSA) is 97.0 Å².